The fraction of sp³-hybridized carbons (Fsp3) is 0.350. The summed E-state index contributed by atoms with van der Waals surface area (Å²) in [6.45, 7) is 1.10. The number of rotatable bonds is 4. The SMILES string of the molecule is CS(=O)(=O)c1cccc(C(=O)N2CCC(C(O)c3ccccc3)CC2)c1. The van der Waals surface area contributed by atoms with E-state index in [1.54, 1.807) is 17.0 Å². The van der Waals surface area contributed by atoms with Crippen molar-refractivity contribution in [3.05, 3.63) is 65.7 Å². The van der Waals surface area contributed by atoms with E-state index < -0.39 is 15.9 Å². The van der Waals surface area contributed by atoms with Gasteiger partial charge in [0.1, 0.15) is 0 Å². The number of hydrogen-bond acceptors (Lipinski definition) is 4. The van der Waals surface area contributed by atoms with E-state index >= 15 is 0 Å². The molecular formula is C20H23NO4S. The fourth-order valence-electron chi connectivity index (χ4n) is 3.38. The predicted octanol–water partition coefficient (Wildman–Crippen LogP) is 2.68. The highest BCUT2D eigenvalue weighted by molar-refractivity contribution is 7.90. The summed E-state index contributed by atoms with van der Waals surface area (Å²) in [5.41, 5.74) is 1.29. The summed E-state index contributed by atoms with van der Waals surface area (Å²) in [6.07, 6.45) is 2.04. The van der Waals surface area contributed by atoms with E-state index in [0.717, 1.165) is 11.8 Å². The average Bonchev–Trinajstić information content (AvgIpc) is 2.67. The quantitative estimate of drug-likeness (QED) is 0.894. The molecule has 2 aromatic carbocycles. The number of likely N-dealkylation sites (tertiary alicyclic amines) is 1. The molecule has 1 fully saturated rings. The number of piperidine rings is 1. The lowest BCUT2D eigenvalue weighted by Gasteiger charge is -2.34. The third-order valence-corrected chi connectivity index (χ3v) is 6.03. The minimum atomic E-state index is -3.34. The van der Waals surface area contributed by atoms with Crippen LogP contribution in [0.25, 0.3) is 0 Å². The second-order valence-corrected chi connectivity index (χ2v) is 8.80. The van der Waals surface area contributed by atoms with Gasteiger partial charge >= 0.3 is 0 Å². The topological polar surface area (TPSA) is 74.7 Å². The molecule has 0 bridgehead atoms. The highest BCUT2D eigenvalue weighted by Crippen LogP contribution is 2.31. The van der Waals surface area contributed by atoms with E-state index in [2.05, 4.69) is 0 Å². The van der Waals surface area contributed by atoms with Crippen LogP contribution < -0.4 is 0 Å². The molecule has 0 spiro atoms. The van der Waals surface area contributed by atoms with E-state index in [1.165, 1.54) is 12.1 Å². The van der Waals surface area contributed by atoms with Gasteiger partial charge in [0.25, 0.3) is 5.91 Å². The average molecular weight is 373 g/mol. The van der Waals surface area contributed by atoms with Gasteiger partial charge in [-0.15, -0.1) is 0 Å². The molecule has 26 heavy (non-hydrogen) atoms. The zero-order valence-corrected chi connectivity index (χ0v) is 15.5. The van der Waals surface area contributed by atoms with Crippen LogP contribution in [0.15, 0.2) is 59.5 Å². The molecule has 5 nitrogen and oxygen atoms in total. The minimum absolute atomic E-state index is 0.115. The highest BCUT2D eigenvalue weighted by Gasteiger charge is 2.28. The monoisotopic (exact) mass is 373 g/mol. The number of carbonyl (C=O) groups excluding carboxylic acids is 1. The van der Waals surface area contributed by atoms with E-state index in [0.29, 0.717) is 31.5 Å². The van der Waals surface area contributed by atoms with E-state index in [1.807, 2.05) is 30.3 Å². The molecule has 0 saturated carbocycles. The van der Waals surface area contributed by atoms with Crippen LogP contribution in [-0.2, 0) is 9.84 Å². The van der Waals surface area contributed by atoms with Gasteiger partial charge in [-0.3, -0.25) is 4.79 Å². The molecule has 0 radical (unpaired) electrons. The van der Waals surface area contributed by atoms with Gasteiger partial charge in [0, 0.05) is 24.9 Å². The van der Waals surface area contributed by atoms with Crippen LogP contribution in [0, 0.1) is 5.92 Å². The number of amides is 1. The van der Waals surface area contributed by atoms with Crippen molar-refractivity contribution in [3.8, 4) is 0 Å². The van der Waals surface area contributed by atoms with Crippen LogP contribution in [0.2, 0.25) is 0 Å². The first-order chi connectivity index (χ1) is 12.4. The van der Waals surface area contributed by atoms with Gasteiger partial charge in [0.15, 0.2) is 9.84 Å². The predicted molar refractivity (Wildman–Crippen MR) is 99.6 cm³/mol. The molecule has 1 N–H and O–H groups in total. The first-order valence-electron chi connectivity index (χ1n) is 8.68. The van der Waals surface area contributed by atoms with Crippen molar-refractivity contribution in [2.24, 2.45) is 5.92 Å². The Hall–Kier alpha value is -2.18. The lowest BCUT2D eigenvalue weighted by atomic mass is 9.87. The van der Waals surface area contributed by atoms with Crippen molar-refractivity contribution in [2.45, 2.75) is 23.8 Å². The number of aliphatic hydroxyl groups excluding tert-OH is 1. The lowest BCUT2D eigenvalue weighted by Crippen LogP contribution is -2.39. The molecule has 2 aromatic rings. The first-order valence-corrected chi connectivity index (χ1v) is 10.6. The number of sulfone groups is 1. The molecule has 1 saturated heterocycles. The molecule has 1 unspecified atom stereocenters. The normalized spacial score (nSPS) is 17.1. The number of hydrogen-bond donors (Lipinski definition) is 1. The van der Waals surface area contributed by atoms with Crippen LogP contribution in [0.5, 0.6) is 0 Å². The lowest BCUT2D eigenvalue weighted by molar-refractivity contribution is 0.0462. The fourth-order valence-corrected chi connectivity index (χ4v) is 4.05. The zero-order valence-electron chi connectivity index (χ0n) is 14.7. The Morgan fingerprint density at radius 3 is 2.35 bits per heavy atom. The summed E-state index contributed by atoms with van der Waals surface area (Å²) in [5, 5.41) is 10.5. The smallest absolute Gasteiger partial charge is 0.253 e. The summed E-state index contributed by atoms with van der Waals surface area (Å²) in [6, 6.07) is 15.7. The molecule has 1 amide bonds. The van der Waals surface area contributed by atoms with Crippen LogP contribution in [0.4, 0.5) is 0 Å². The Kier molecular flexibility index (Phi) is 5.44. The maximum absolute atomic E-state index is 12.7. The number of nitrogens with zero attached hydrogens (tertiary/aromatic N) is 1. The van der Waals surface area contributed by atoms with Gasteiger partial charge in [-0.05, 0) is 42.5 Å². The van der Waals surface area contributed by atoms with Crippen LogP contribution in [0.3, 0.4) is 0 Å². The Morgan fingerprint density at radius 1 is 1.08 bits per heavy atom. The van der Waals surface area contributed by atoms with Crippen LogP contribution in [0.1, 0.15) is 34.9 Å². The van der Waals surface area contributed by atoms with E-state index in [4.69, 9.17) is 0 Å². The third kappa shape index (κ3) is 4.14. The third-order valence-electron chi connectivity index (χ3n) is 4.92. The van der Waals surface area contributed by atoms with Gasteiger partial charge in [-0.25, -0.2) is 8.42 Å². The van der Waals surface area contributed by atoms with Crippen LogP contribution in [-0.4, -0.2) is 43.7 Å². The van der Waals surface area contributed by atoms with Crippen molar-refractivity contribution in [2.75, 3.05) is 19.3 Å². The first kappa shape index (κ1) is 18.6. The number of aliphatic hydroxyl groups is 1. The molecule has 1 heterocycles. The second kappa shape index (κ2) is 7.60. The molecule has 1 aliphatic heterocycles. The zero-order chi connectivity index (χ0) is 18.7. The van der Waals surface area contributed by atoms with Crippen molar-refractivity contribution < 1.29 is 18.3 Å². The van der Waals surface area contributed by atoms with Crippen molar-refractivity contribution >= 4 is 15.7 Å². The molecule has 6 heteroatoms. The Bertz CT molecular complexity index is 872. The van der Waals surface area contributed by atoms with Gasteiger partial charge in [-0.2, -0.15) is 0 Å². The Morgan fingerprint density at radius 2 is 1.73 bits per heavy atom. The Labute approximate surface area is 154 Å². The van der Waals surface area contributed by atoms with E-state index in [-0.39, 0.29) is 16.7 Å². The summed E-state index contributed by atoms with van der Waals surface area (Å²) in [5.74, 6) is -0.0491. The molecule has 0 aliphatic carbocycles. The molecule has 3 rings (SSSR count). The van der Waals surface area contributed by atoms with Gasteiger partial charge < -0.3 is 10.0 Å². The maximum Gasteiger partial charge on any atom is 0.253 e. The standard InChI is InChI=1S/C20H23NO4S/c1-26(24,25)18-9-5-8-17(14-18)20(23)21-12-10-16(11-13-21)19(22)15-6-3-2-4-7-15/h2-9,14,16,19,22H,10-13H2,1H3. The van der Waals surface area contributed by atoms with E-state index in [9.17, 15) is 18.3 Å². The van der Waals surface area contributed by atoms with Gasteiger partial charge in [0.05, 0.1) is 11.0 Å². The second-order valence-electron chi connectivity index (χ2n) is 6.79. The van der Waals surface area contributed by atoms with Crippen molar-refractivity contribution in [3.63, 3.8) is 0 Å². The number of carbonyl (C=O) groups is 1. The maximum atomic E-state index is 12.7. The molecule has 1 aliphatic rings. The Balaban J connectivity index is 1.66. The van der Waals surface area contributed by atoms with Crippen molar-refractivity contribution in [1.82, 2.24) is 4.90 Å². The molecule has 138 valence electrons. The molecule has 1 atom stereocenters. The van der Waals surface area contributed by atoms with Crippen molar-refractivity contribution in [1.29, 1.82) is 0 Å². The summed E-state index contributed by atoms with van der Waals surface area (Å²) in [4.78, 5) is 14.6. The molecule has 0 aromatic heterocycles. The molecular weight excluding hydrogens is 350 g/mol. The van der Waals surface area contributed by atoms with Gasteiger partial charge in [0.2, 0.25) is 0 Å². The largest absolute Gasteiger partial charge is 0.388 e. The minimum Gasteiger partial charge on any atom is -0.388 e. The highest BCUT2D eigenvalue weighted by atomic mass is 32.2. The number of benzene rings is 2. The van der Waals surface area contributed by atoms with Gasteiger partial charge in [-0.1, -0.05) is 36.4 Å². The van der Waals surface area contributed by atoms with Crippen LogP contribution >= 0.6 is 0 Å². The summed E-state index contributed by atoms with van der Waals surface area (Å²) < 4.78 is 23.4. The summed E-state index contributed by atoms with van der Waals surface area (Å²) >= 11 is 0. The summed E-state index contributed by atoms with van der Waals surface area (Å²) in [7, 11) is -3.34.